The minimum Gasteiger partial charge on any atom is -0.549 e. The van der Waals surface area contributed by atoms with E-state index in [4.69, 9.17) is 8.94 Å². The molecule has 0 N–H and O–H groups in total. The molecule has 1 atom stereocenters. The van der Waals surface area contributed by atoms with Gasteiger partial charge in [-0.3, -0.25) is 0 Å². The predicted octanol–water partition coefficient (Wildman–Crippen LogP) is 0.264. The molecule has 0 saturated carbocycles. The minimum atomic E-state index is -1.19. The van der Waals surface area contributed by atoms with Gasteiger partial charge in [0.1, 0.15) is 5.76 Å². The zero-order valence-electron chi connectivity index (χ0n) is 9.04. The van der Waals surface area contributed by atoms with Crippen molar-refractivity contribution in [3.05, 3.63) is 11.8 Å². The lowest BCUT2D eigenvalue weighted by atomic mass is 10.4. The monoisotopic (exact) mass is 254 g/mol. The Balaban J connectivity index is 2.13. The molecule has 0 amide bonds. The molecule has 2 rings (SSSR count). The summed E-state index contributed by atoms with van der Waals surface area (Å²) in [7, 11) is 0. The van der Waals surface area contributed by atoms with E-state index >= 15 is 0 Å². The third-order valence-electron chi connectivity index (χ3n) is 1.86. The lowest BCUT2D eigenvalue weighted by Gasteiger charge is -2.07. The summed E-state index contributed by atoms with van der Waals surface area (Å²) in [6, 6.07) is 1.64. The highest BCUT2D eigenvalue weighted by Gasteiger charge is 2.15. The summed E-state index contributed by atoms with van der Waals surface area (Å²) >= 11 is 0.913. The molecule has 0 radical (unpaired) electrons. The number of thioether (sulfide) groups is 1. The molecule has 0 spiro atoms. The van der Waals surface area contributed by atoms with E-state index < -0.39 is 11.2 Å². The molecule has 0 unspecified atom stereocenters. The summed E-state index contributed by atoms with van der Waals surface area (Å²) in [6.45, 7) is 3.21. The number of carbonyl (C=O) groups is 1. The fourth-order valence-electron chi connectivity index (χ4n) is 1.03. The quantitative estimate of drug-likeness (QED) is 0.715. The van der Waals surface area contributed by atoms with E-state index in [1.54, 1.807) is 13.0 Å². The zero-order chi connectivity index (χ0) is 12.4. The second kappa shape index (κ2) is 4.58. The van der Waals surface area contributed by atoms with E-state index in [1.807, 2.05) is 0 Å². The van der Waals surface area contributed by atoms with Crippen molar-refractivity contribution in [2.75, 3.05) is 0 Å². The van der Waals surface area contributed by atoms with Gasteiger partial charge < -0.3 is 18.8 Å². The summed E-state index contributed by atoms with van der Waals surface area (Å²) in [5.41, 5.74) is 0.419. The third-order valence-corrected chi connectivity index (χ3v) is 2.78. The van der Waals surface area contributed by atoms with Crippen LogP contribution in [-0.2, 0) is 4.79 Å². The summed E-state index contributed by atoms with van der Waals surface area (Å²) in [5.74, 6) is -0.377. The average Bonchev–Trinajstić information content (AvgIpc) is 2.86. The third kappa shape index (κ3) is 2.64. The number of hydrogen-bond donors (Lipinski definition) is 0. The van der Waals surface area contributed by atoms with Crippen LogP contribution in [0.2, 0.25) is 0 Å². The number of nitrogens with zero attached hydrogens (tertiary/aromatic N) is 3. The van der Waals surface area contributed by atoms with Gasteiger partial charge in [-0.1, -0.05) is 16.9 Å². The maximum atomic E-state index is 10.5. The Kier molecular flexibility index (Phi) is 3.14. The first-order valence-corrected chi connectivity index (χ1v) is 5.59. The van der Waals surface area contributed by atoms with Crippen LogP contribution in [0.15, 0.2) is 20.2 Å². The van der Waals surface area contributed by atoms with Crippen molar-refractivity contribution in [2.45, 2.75) is 24.3 Å². The van der Waals surface area contributed by atoms with Crippen molar-refractivity contribution in [3.8, 4) is 11.6 Å². The number of carboxylic acid groups (broad SMARTS) is 1. The Hall–Kier alpha value is -1.83. The molecule has 0 bridgehead atoms. The van der Waals surface area contributed by atoms with Crippen molar-refractivity contribution in [2.24, 2.45) is 0 Å². The molecule has 2 aromatic rings. The normalized spacial score (nSPS) is 12.6. The molecule has 8 heteroatoms. The molecule has 7 nitrogen and oxygen atoms in total. The van der Waals surface area contributed by atoms with Crippen LogP contribution in [0.3, 0.4) is 0 Å². The Bertz CT molecular complexity index is 536. The van der Waals surface area contributed by atoms with Crippen molar-refractivity contribution in [3.63, 3.8) is 0 Å². The smallest absolute Gasteiger partial charge is 0.277 e. The van der Waals surface area contributed by atoms with E-state index in [2.05, 4.69) is 15.4 Å². The highest BCUT2D eigenvalue weighted by molar-refractivity contribution is 8.00. The number of aryl methyl sites for hydroxylation is 1. The van der Waals surface area contributed by atoms with Crippen molar-refractivity contribution < 1.29 is 18.8 Å². The standard InChI is InChI=1S/C9H9N3O4S/c1-4-3-6(12-16-4)7-10-11-9(15-7)17-5(2)8(13)14/h3,5H,1-2H3,(H,13,14)/p-1/t5-/m0/s1. The van der Waals surface area contributed by atoms with Crippen molar-refractivity contribution in [1.82, 2.24) is 15.4 Å². The van der Waals surface area contributed by atoms with Gasteiger partial charge >= 0.3 is 0 Å². The van der Waals surface area contributed by atoms with Gasteiger partial charge in [-0.2, -0.15) is 0 Å². The molecule has 90 valence electrons. The first-order chi connectivity index (χ1) is 8.06. The van der Waals surface area contributed by atoms with Crippen LogP contribution in [0.1, 0.15) is 12.7 Å². The summed E-state index contributed by atoms with van der Waals surface area (Å²) < 4.78 is 10.1. The average molecular weight is 254 g/mol. The molecule has 0 aliphatic heterocycles. The van der Waals surface area contributed by atoms with Crippen molar-refractivity contribution in [1.29, 1.82) is 0 Å². The molecular formula is C9H8N3O4S-. The number of aliphatic carboxylic acids is 1. The summed E-state index contributed by atoms with van der Waals surface area (Å²) in [6.07, 6.45) is 0. The maximum absolute atomic E-state index is 10.5. The van der Waals surface area contributed by atoms with E-state index in [1.165, 1.54) is 6.92 Å². The van der Waals surface area contributed by atoms with Gasteiger partial charge in [0, 0.05) is 6.07 Å². The van der Waals surface area contributed by atoms with Gasteiger partial charge in [-0.15, -0.1) is 10.2 Å². The maximum Gasteiger partial charge on any atom is 0.277 e. The second-order valence-corrected chi connectivity index (χ2v) is 4.57. The van der Waals surface area contributed by atoms with Gasteiger partial charge in [-0.25, -0.2) is 0 Å². The predicted molar refractivity (Wildman–Crippen MR) is 54.9 cm³/mol. The van der Waals surface area contributed by atoms with E-state index in [9.17, 15) is 9.90 Å². The van der Waals surface area contributed by atoms with Gasteiger partial charge in [0.2, 0.25) is 0 Å². The summed E-state index contributed by atoms with van der Waals surface area (Å²) in [4.78, 5) is 10.5. The fourth-order valence-corrected chi connectivity index (χ4v) is 1.64. The van der Waals surface area contributed by atoms with Crippen LogP contribution in [0.5, 0.6) is 0 Å². The van der Waals surface area contributed by atoms with Gasteiger partial charge in [0.15, 0.2) is 5.69 Å². The highest BCUT2D eigenvalue weighted by atomic mass is 32.2. The largest absolute Gasteiger partial charge is 0.549 e. The van der Waals surface area contributed by atoms with Crippen LogP contribution >= 0.6 is 11.8 Å². The molecule has 0 saturated heterocycles. The molecule has 0 aliphatic rings. The number of carboxylic acids is 1. The highest BCUT2D eigenvalue weighted by Crippen LogP contribution is 2.25. The van der Waals surface area contributed by atoms with Crippen LogP contribution < -0.4 is 5.11 Å². The number of rotatable bonds is 4. The van der Waals surface area contributed by atoms with Gasteiger partial charge in [0.05, 0.1) is 11.2 Å². The molecule has 0 fully saturated rings. The van der Waals surface area contributed by atoms with Gasteiger partial charge in [0.25, 0.3) is 11.1 Å². The Morgan fingerprint density at radius 2 is 2.29 bits per heavy atom. The van der Waals surface area contributed by atoms with Crippen LogP contribution in [0.25, 0.3) is 11.6 Å². The number of carbonyl (C=O) groups excluding carboxylic acids is 1. The molecular weight excluding hydrogens is 246 g/mol. The van der Waals surface area contributed by atoms with Crippen LogP contribution in [0, 0.1) is 6.92 Å². The molecule has 0 aliphatic carbocycles. The van der Waals surface area contributed by atoms with Gasteiger partial charge in [-0.05, 0) is 13.8 Å². The fraction of sp³-hybridized carbons (Fsp3) is 0.333. The number of aromatic nitrogens is 3. The zero-order valence-corrected chi connectivity index (χ0v) is 9.85. The van der Waals surface area contributed by atoms with Crippen LogP contribution in [0.4, 0.5) is 0 Å². The minimum absolute atomic E-state index is 0.150. The topological polar surface area (TPSA) is 105 Å². The molecule has 17 heavy (non-hydrogen) atoms. The second-order valence-electron chi connectivity index (χ2n) is 3.28. The molecule has 0 aromatic carbocycles. The molecule has 2 aromatic heterocycles. The lowest BCUT2D eigenvalue weighted by molar-refractivity contribution is -0.304. The Morgan fingerprint density at radius 3 is 2.88 bits per heavy atom. The Morgan fingerprint density at radius 1 is 1.53 bits per heavy atom. The number of hydrogen-bond acceptors (Lipinski definition) is 8. The first-order valence-electron chi connectivity index (χ1n) is 4.71. The molecule has 2 heterocycles. The SMILES string of the molecule is Cc1cc(-c2nnc(S[C@@H](C)C(=O)[O-])o2)no1. The van der Waals surface area contributed by atoms with E-state index in [0.29, 0.717) is 11.5 Å². The Labute approximate surface area is 100 Å². The van der Waals surface area contributed by atoms with Crippen molar-refractivity contribution >= 4 is 17.7 Å². The lowest BCUT2D eigenvalue weighted by Crippen LogP contribution is -2.31. The van der Waals surface area contributed by atoms with E-state index in [0.717, 1.165) is 11.8 Å². The van der Waals surface area contributed by atoms with Crippen LogP contribution in [-0.4, -0.2) is 26.6 Å². The first kappa shape index (κ1) is 11.6. The van der Waals surface area contributed by atoms with E-state index in [-0.39, 0.29) is 11.1 Å². The summed E-state index contributed by atoms with van der Waals surface area (Å²) in [5, 5.41) is 21.1.